The Labute approximate surface area is 116 Å². The van der Waals surface area contributed by atoms with Crippen molar-refractivity contribution in [2.45, 2.75) is 19.4 Å². The Bertz CT molecular complexity index is 630. The van der Waals surface area contributed by atoms with Crippen molar-refractivity contribution in [3.05, 3.63) is 65.2 Å². The van der Waals surface area contributed by atoms with E-state index in [4.69, 9.17) is 5.26 Å². The lowest BCUT2D eigenvalue weighted by Gasteiger charge is -2.19. The van der Waals surface area contributed by atoms with Gasteiger partial charge in [-0.15, -0.1) is 0 Å². The van der Waals surface area contributed by atoms with Gasteiger partial charge in [-0.3, -0.25) is 0 Å². The molecule has 2 nitrogen and oxygen atoms in total. The summed E-state index contributed by atoms with van der Waals surface area (Å²) in [4.78, 5) is 0. The van der Waals surface area contributed by atoms with Gasteiger partial charge in [-0.25, -0.2) is 8.78 Å². The van der Waals surface area contributed by atoms with Gasteiger partial charge in [0.2, 0.25) is 0 Å². The van der Waals surface area contributed by atoms with E-state index in [1.54, 1.807) is 18.2 Å². The molecule has 4 heteroatoms. The van der Waals surface area contributed by atoms with Crippen LogP contribution in [-0.2, 0) is 0 Å². The zero-order valence-electron chi connectivity index (χ0n) is 11.0. The molecule has 0 saturated carbocycles. The Hall–Kier alpha value is -2.41. The van der Waals surface area contributed by atoms with Crippen LogP contribution in [0.4, 0.5) is 14.5 Å². The molecule has 2 aromatic rings. The minimum absolute atomic E-state index is 0.0619. The Balaban J connectivity index is 2.27. The molecule has 102 valence electrons. The van der Waals surface area contributed by atoms with Crippen LogP contribution >= 0.6 is 0 Å². The SMILES string of the molecule is CCC(Nc1ccc(F)cc1C#N)c1ccc(F)cc1. The van der Waals surface area contributed by atoms with Crippen LogP contribution in [0, 0.1) is 23.0 Å². The molecule has 0 fully saturated rings. The predicted octanol–water partition coefficient (Wildman–Crippen LogP) is 4.40. The first-order valence-electron chi connectivity index (χ1n) is 6.35. The third-order valence-corrected chi connectivity index (χ3v) is 3.11. The maximum absolute atomic E-state index is 13.1. The molecular weight excluding hydrogens is 258 g/mol. The van der Waals surface area contributed by atoms with Gasteiger partial charge < -0.3 is 5.32 Å². The van der Waals surface area contributed by atoms with E-state index >= 15 is 0 Å². The van der Waals surface area contributed by atoms with Crippen molar-refractivity contribution in [2.75, 3.05) is 5.32 Å². The van der Waals surface area contributed by atoms with Crippen LogP contribution in [-0.4, -0.2) is 0 Å². The predicted molar refractivity (Wildman–Crippen MR) is 74.2 cm³/mol. The maximum atomic E-state index is 13.1. The fourth-order valence-corrected chi connectivity index (χ4v) is 2.04. The smallest absolute Gasteiger partial charge is 0.124 e. The Morgan fingerprint density at radius 3 is 2.35 bits per heavy atom. The molecular formula is C16H14F2N2. The second kappa shape index (κ2) is 6.16. The monoisotopic (exact) mass is 272 g/mol. The molecule has 1 unspecified atom stereocenters. The van der Waals surface area contributed by atoms with E-state index in [1.807, 2.05) is 13.0 Å². The molecule has 2 rings (SSSR count). The average Bonchev–Trinajstić information content (AvgIpc) is 2.47. The van der Waals surface area contributed by atoms with Crippen molar-refractivity contribution in [1.82, 2.24) is 0 Å². The summed E-state index contributed by atoms with van der Waals surface area (Å²) in [6.45, 7) is 1.98. The lowest BCUT2D eigenvalue weighted by Crippen LogP contribution is -2.10. The van der Waals surface area contributed by atoms with Crippen molar-refractivity contribution in [1.29, 1.82) is 5.26 Å². The van der Waals surface area contributed by atoms with E-state index in [1.165, 1.54) is 24.3 Å². The van der Waals surface area contributed by atoms with Gasteiger partial charge in [-0.2, -0.15) is 5.26 Å². The lowest BCUT2D eigenvalue weighted by atomic mass is 10.0. The number of nitrogens with zero attached hydrogens (tertiary/aromatic N) is 1. The number of rotatable bonds is 4. The van der Waals surface area contributed by atoms with Gasteiger partial charge in [-0.05, 0) is 42.3 Å². The normalized spacial score (nSPS) is 11.7. The Morgan fingerprint density at radius 2 is 1.75 bits per heavy atom. The quantitative estimate of drug-likeness (QED) is 0.895. The van der Waals surface area contributed by atoms with E-state index in [9.17, 15) is 8.78 Å². The van der Waals surface area contributed by atoms with Crippen LogP contribution < -0.4 is 5.32 Å². The number of hydrogen-bond acceptors (Lipinski definition) is 2. The highest BCUT2D eigenvalue weighted by Crippen LogP contribution is 2.25. The van der Waals surface area contributed by atoms with E-state index in [0.29, 0.717) is 5.69 Å². The second-order valence-corrected chi connectivity index (χ2v) is 4.46. The van der Waals surface area contributed by atoms with Gasteiger partial charge in [0.05, 0.1) is 17.3 Å². The largest absolute Gasteiger partial charge is 0.377 e. The molecule has 0 aliphatic rings. The zero-order valence-corrected chi connectivity index (χ0v) is 11.0. The molecule has 2 aromatic carbocycles. The molecule has 0 aromatic heterocycles. The summed E-state index contributed by atoms with van der Waals surface area (Å²) in [6.07, 6.45) is 0.758. The van der Waals surface area contributed by atoms with Crippen LogP contribution in [0.5, 0.6) is 0 Å². The standard InChI is InChI=1S/C16H14F2N2/c1-2-15(11-3-5-13(17)6-4-11)20-16-8-7-14(18)9-12(16)10-19/h3-9,15,20H,2H2,1H3. The molecule has 1 N–H and O–H groups in total. The Morgan fingerprint density at radius 1 is 1.10 bits per heavy atom. The van der Waals surface area contributed by atoms with Crippen LogP contribution in [0.15, 0.2) is 42.5 Å². The summed E-state index contributed by atoms with van der Waals surface area (Å²) in [5.74, 6) is -0.731. The molecule has 0 bridgehead atoms. The van der Waals surface area contributed by atoms with Crippen LogP contribution in [0.1, 0.15) is 30.5 Å². The minimum Gasteiger partial charge on any atom is -0.377 e. The van der Waals surface area contributed by atoms with Gasteiger partial charge >= 0.3 is 0 Å². The Kier molecular flexibility index (Phi) is 4.31. The topological polar surface area (TPSA) is 35.8 Å². The van der Waals surface area contributed by atoms with Gasteiger partial charge in [-0.1, -0.05) is 19.1 Å². The van der Waals surface area contributed by atoms with Crippen molar-refractivity contribution in [2.24, 2.45) is 0 Å². The molecule has 0 aliphatic carbocycles. The van der Waals surface area contributed by atoms with E-state index in [0.717, 1.165) is 12.0 Å². The second-order valence-electron chi connectivity index (χ2n) is 4.46. The first kappa shape index (κ1) is 14.0. The van der Waals surface area contributed by atoms with Crippen molar-refractivity contribution in [3.8, 4) is 6.07 Å². The summed E-state index contributed by atoms with van der Waals surface area (Å²) in [5.41, 5.74) is 1.75. The summed E-state index contributed by atoms with van der Waals surface area (Å²) >= 11 is 0. The molecule has 0 heterocycles. The fraction of sp³-hybridized carbons (Fsp3) is 0.188. The highest BCUT2D eigenvalue weighted by atomic mass is 19.1. The van der Waals surface area contributed by atoms with E-state index in [2.05, 4.69) is 5.32 Å². The van der Waals surface area contributed by atoms with Crippen molar-refractivity contribution >= 4 is 5.69 Å². The fourth-order valence-electron chi connectivity index (χ4n) is 2.04. The number of nitrogens with one attached hydrogen (secondary N) is 1. The van der Waals surface area contributed by atoms with E-state index in [-0.39, 0.29) is 17.4 Å². The number of hydrogen-bond donors (Lipinski definition) is 1. The first-order valence-corrected chi connectivity index (χ1v) is 6.35. The summed E-state index contributed by atoms with van der Waals surface area (Å²) in [6, 6.07) is 12.1. The number of nitriles is 1. The molecule has 1 atom stereocenters. The van der Waals surface area contributed by atoms with Crippen molar-refractivity contribution in [3.63, 3.8) is 0 Å². The van der Waals surface area contributed by atoms with Crippen LogP contribution in [0.25, 0.3) is 0 Å². The zero-order chi connectivity index (χ0) is 14.5. The van der Waals surface area contributed by atoms with Crippen molar-refractivity contribution < 1.29 is 8.78 Å². The maximum Gasteiger partial charge on any atom is 0.124 e. The molecule has 0 aliphatic heterocycles. The van der Waals surface area contributed by atoms with E-state index < -0.39 is 5.82 Å². The summed E-state index contributed by atoms with van der Waals surface area (Å²) in [7, 11) is 0. The third kappa shape index (κ3) is 3.12. The molecule has 0 radical (unpaired) electrons. The number of anilines is 1. The van der Waals surface area contributed by atoms with Gasteiger partial charge in [0.1, 0.15) is 17.7 Å². The van der Waals surface area contributed by atoms with Crippen LogP contribution in [0.2, 0.25) is 0 Å². The lowest BCUT2D eigenvalue weighted by molar-refractivity contribution is 0.624. The van der Waals surface area contributed by atoms with Gasteiger partial charge in [0, 0.05) is 0 Å². The highest BCUT2D eigenvalue weighted by Gasteiger charge is 2.12. The first-order chi connectivity index (χ1) is 9.63. The average molecular weight is 272 g/mol. The number of halogens is 2. The van der Waals surface area contributed by atoms with Crippen LogP contribution in [0.3, 0.4) is 0 Å². The molecule has 0 spiro atoms. The third-order valence-electron chi connectivity index (χ3n) is 3.11. The molecule has 0 amide bonds. The minimum atomic E-state index is -0.443. The molecule has 20 heavy (non-hydrogen) atoms. The van der Waals surface area contributed by atoms with Gasteiger partial charge in [0.15, 0.2) is 0 Å². The summed E-state index contributed by atoms with van der Waals surface area (Å²) in [5, 5.41) is 12.2. The summed E-state index contributed by atoms with van der Waals surface area (Å²) < 4.78 is 26.0. The highest BCUT2D eigenvalue weighted by molar-refractivity contribution is 5.58. The number of benzene rings is 2. The molecule has 0 saturated heterocycles. The van der Waals surface area contributed by atoms with Gasteiger partial charge in [0.25, 0.3) is 0 Å².